The predicted molar refractivity (Wildman–Crippen MR) is 114 cm³/mol. The highest BCUT2D eigenvalue weighted by Crippen LogP contribution is 2.36. The molecule has 1 amide bonds. The van der Waals surface area contributed by atoms with Crippen LogP contribution >= 0.6 is 11.3 Å². The lowest BCUT2D eigenvalue weighted by Crippen LogP contribution is -2.54. The van der Waals surface area contributed by atoms with Crippen molar-refractivity contribution in [1.29, 1.82) is 0 Å². The Kier molecular flexibility index (Phi) is 5.43. The number of anilines is 1. The van der Waals surface area contributed by atoms with Crippen molar-refractivity contribution < 1.29 is 17.9 Å². The number of nitrogens with zero attached hydrogens (tertiary/aromatic N) is 4. The van der Waals surface area contributed by atoms with Gasteiger partial charge in [-0.1, -0.05) is 17.4 Å². The number of carbonyl (C=O) groups excluding carboxylic acids is 1. The van der Waals surface area contributed by atoms with Gasteiger partial charge in [0, 0.05) is 32.7 Å². The van der Waals surface area contributed by atoms with Crippen LogP contribution in [0.4, 0.5) is 5.13 Å². The molecule has 1 aromatic heterocycles. The average molecular weight is 439 g/mol. The van der Waals surface area contributed by atoms with E-state index in [2.05, 4.69) is 11.8 Å². The lowest BCUT2D eigenvalue weighted by Gasteiger charge is -2.36. The Hall–Kier alpha value is -1.91. The summed E-state index contributed by atoms with van der Waals surface area (Å²) in [7, 11) is -1.71. The fourth-order valence-corrected chi connectivity index (χ4v) is 6.33. The van der Waals surface area contributed by atoms with Gasteiger partial charge >= 0.3 is 0 Å². The summed E-state index contributed by atoms with van der Waals surface area (Å²) >= 11 is 1.64. The highest BCUT2D eigenvalue weighted by atomic mass is 32.2. The van der Waals surface area contributed by atoms with E-state index in [4.69, 9.17) is 9.72 Å². The minimum atomic E-state index is -3.36. The molecule has 0 aliphatic carbocycles. The summed E-state index contributed by atoms with van der Waals surface area (Å²) in [5.74, 6) is 0.693. The van der Waals surface area contributed by atoms with Gasteiger partial charge in [-0.25, -0.2) is 13.4 Å². The number of amides is 1. The van der Waals surface area contributed by atoms with Gasteiger partial charge in [0.25, 0.3) is 0 Å². The monoisotopic (exact) mass is 438 g/mol. The number of aromatic nitrogens is 1. The number of hydrogen-bond acceptors (Lipinski definition) is 7. The Morgan fingerprint density at radius 3 is 2.59 bits per heavy atom. The predicted octanol–water partition coefficient (Wildman–Crippen LogP) is 1.69. The molecule has 158 valence electrons. The summed E-state index contributed by atoms with van der Waals surface area (Å²) < 4.78 is 31.8. The van der Waals surface area contributed by atoms with Gasteiger partial charge in [-0.15, -0.1) is 0 Å². The SMILES string of the molecule is COc1ccc(C)c2sc(N3CCN(C(=O)[C@@H]4CCCN4S(C)(=O)=O)CC3)nc12. The molecule has 29 heavy (non-hydrogen) atoms. The van der Waals surface area contributed by atoms with E-state index < -0.39 is 16.1 Å². The van der Waals surface area contributed by atoms with E-state index in [1.165, 1.54) is 16.1 Å². The Labute approximate surface area is 175 Å². The van der Waals surface area contributed by atoms with E-state index in [1.54, 1.807) is 23.3 Å². The van der Waals surface area contributed by atoms with Crippen LogP contribution in [-0.2, 0) is 14.8 Å². The van der Waals surface area contributed by atoms with Crippen LogP contribution in [0.25, 0.3) is 10.2 Å². The second-order valence-electron chi connectivity index (χ2n) is 7.60. The molecule has 0 saturated carbocycles. The Morgan fingerprint density at radius 2 is 1.93 bits per heavy atom. The third-order valence-electron chi connectivity index (χ3n) is 5.69. The van der Waals surface area contributed by atoms with E-state index in [0.717, 1.165) is 27.5 Å². The highest BCUT2D eigenvalue weighted by molar-refractivity contribution is 7.88. The molecule has 2 aromatic rings. The molecule has 2 aliphatic heterocycles. The van der Waals surface area contributed by atoms with Gasteiger partial charge in [0.05, 0.1) is 18.1 Å². The third kappa shape index (κ3) is 3.80. The fourth-order valence-electron chi connectivity index (χ4n) is 4.11. The van der Waals surface area contributed by atoms with Crippen LogP contribution in [0.5, 0.6) is 5.75 Å². The first-order chi connectivity index (χ1) is 13.8. The van der Waals surface area contributed by atoms with Gasteiger partial charge in [0.15, 0.2) is 5.13 Å². The van der Waals surface area contributed by atoms with E-state index in [1.807, 2.05) is 12.1 Å². The number of carbonyl (C=O) groups is 1. The van der Waals surface area contributed by atoms with Gasteiger partial charge in [-0.3, -0.25) is 4.79 Å². The Bertz CT molecular complexity index is 1030. The van der Waals surface area contributed by atoms with Gasteiger partial charge in [0.1, 0.15) is 17.3 Å². The maximum Gasteiger partial charge on any atom is 0.241 e. The maximum absolute atomic E-state index is 12.9. The molecular formula is C19H26N4O4S2. The molecule has 0 unspecified atom stereocenters. The first kappa shape index (κ1) is 20.4. The topological polar surface area (TPSA) is 83.0 Å². The van der Waals surface area contributed by atoms with Crippen LogP contribution in [0.1, 0.15) is 18.4 Å². The molecule has 8 nitrogen and oxygen atoms in total. The van der Waals surface area contributed by atoms with E-state index in [-0.39, 0.29) is 5.91 Å². The normalized spacial score (nSPS) is 21.1. The standard InChI is InChI=1S/C19H26N4O4S2/c1-13-6-7-15(27-2)16-17(13)28-19(20-16)22-11-9-21(10-12-22)18(24)14-5-4-8-23(14)29(3,25)26/h6-7,14H,4-5,8-12H2,1-3H3/t14-/m0/s1. The molecule has 4 rings (SSSR count). The zero-order chi connectivity index (χ0) is 20.8. The van der Waals surface area contributed by atoms with Crippen molar-refractivity contribution in [2.75, 3.05) is 51.0 Å². The van der Waals surface area contributed by atoms with Crippen LogP contribution in [0.15, 0.2) is 12.1 Å². The number of aryl methyl sites for hydroxylation is 1. The highest BCUT2D eigenvalue weighted by Gasteiger charge is 2.39. The van der Waals surface area contributed by atoms with Crippen molar-refractivity contribution in [3.8, 4) is 5.75 Å². The van der Waals surface area contributed by atoms with Crippen LogP contribution in [-0.4, -0.2) is 80.6 Å². The van der Waals surface area contributed by atoms with Crippen molar-refractivity contribution in [3.63, 3.8) is 0 Å². The van der Waals surface area contributed by atoms with E-state index in [0.29, 0.717) is 39.1 Å². The van der Waals surface area contributed by atoms with Crippen molar-refractivity contribution >= 4 is 42.6 Å². The minimum absolute atomic E-state index is 0.0746. The number of thiazole rings is 1. The minimum Gasteiger partial charge on any atom is -0.494 e. The molecule has 0 radical (unpaired) electrons. The number of ether oxygens (including phenoxy) is 1. The summed E-state index contributed by atoms with van der Waals surface area (Å²) in [6, 6.07) is 3.42. The molecule has 10 heteroatoms. The smallest absolute Gasteiger partial charge is 0.241 e. The fraction of sp³-hybridized carbons (Fsp3) is 0.579. The molecule has 2 fully saturated rings. The number of hydrogen-bond donors (Lipinski definition) is 0. The van der Waals surface area contributed by atoms with Crippen molar-refractivity contribution in [2.45, 2.75) is 25.8 Å². The third-order valence-corrected chi connectivity index (χ3v) is 8.23. The van der Waals surface area contributed by atoms with Gasteiger partial charge in [-0.2, -0.15) is 4.31 Å². The average Bonchev–Trinajstić information content (AvgIpc) is 3.36. The van der Waals surface area contributed by atoms with Crippen LogP contribution in [0.3, 0.4) is 0 Å². The van der Waals surface area contributed by atoms with Crippen LogP contribution in [0, 0.1) is 6.92 Å². The Morgan fingerprint density at radius 1 is 1.21 bits per heavy atom. The van der Waals surface area contributed by atoms with E-state index >= 15 is 0 Å². The zero-order valence-electron chi connectivity index (χ0n) is 16.9. The van der Waals surface area contributed by atoms with Crippen molar-refractivity contribution in [2.24, 2.45) is 0 Å². The Balaban J connectivity index is 1.47. The molecule has 3 heterocycles. The van der Waals surface area contributed by atoms with Gasteiger partial charge in [0.2, 0.25) is 15.9 Å². The number of piperazine rings is 1. The number of rotatable bonds is 4. The summed E-state index contributed by atoms with van der Waals surface area (Å²) in [5, 5.41) is 0.929. The first-order valence-corrected chi connectivity index (χ1v) is 12.4. The lowest BCUT2D eigenvalue weighted by molar-refractivity contribution is -0.134. The molecule has 1 atom stereocenters. The molecule has 1 aromatic carbocycles. The molecule has 0 N–H and O–H groups in total. The second kappa shape index (κ2) is 7.73. The summed E-state index contributed by atoms with van der Waals surface area (Å²) in [6.45, 7) is 4.99. The van der Waals surface area contributed by atoms with E-state index in [9.17, 15) is 13.2 Å². The number of methoxy groups -OCH3 is 1. The lowest BCUT2D eigenvalue weighted by atomic mass is 10.2. The summed E-state index contributed by atoms with van der Waals surface area (Å²) in [4.78, 5) is 21.7. The number of sulfonamides is 1. The van der Waals surface area contributed by atoms with Crippen molar-refractivity contribution in [1.82, 2.24) is 14.2 Å². The zero-order valence-corrected chi connectivity index (χ0v) is 18.6. The van der Waals surface area contributed by atoms with Gasteiger partial charge < -0.3 is 14.5 Å². The van der Waals surface area contributed by atoms with Crippen molar-refractivity contribution in [3.05, 3.63) is 17.7 Å². The largest absolute Gasteiger partial charge is 0.494 e. The number of benzene rings is 1. The molecule has 2 saturated heterocycles. The van der Waals surface area contributed by atoms with Crippen LogP contribution < -0.4 is 9.64 Å². The molecule has 0 spiro atoms. The first-order valence-electron chi connectivity index (χ1n) is 9.74. The summed E-state index contributed by atoms with van der Waals surface area (Å²) in [5.41, 5.74) is 2.04. The second-order valence-corrected chi connectivity index (χ2v) is 10.5. The van der Waals surface area contributed by atoms with Gasteiger partial charge in [-0.05, 0) is 31.4 Å². The number of fused-ring (bicyclic) bond motifs is 1. The quantitative estimate of drug-likeness (QED) is 0.722. The molecule has 2 aliphatic rings. The molecular weight excluding hydrogens is 412 g/mol. The maximum atomic E-state index is 12.9. The van der Waals surface area contributed by atoms with Crippen LogP contribution in [0.2, 0.25) is 0 Å². The molecule has 0 bridgehead atoms. The summed E-state index contributed by atoms with van der Waals surface area (Å²) in [6.07, 6.45) is 2.51.